The van der Waals surface area contributed by atoms with E-state index in [1.54, 1.807) is 31.0 Å². The fourth-order valence-electron chi connectivity index (χ4n) is 9.75. The fraction of sp³-hybridized carbons (Fsp3) is 0.600. The van der Waals surface area contributed by atoms with Crippen molar-refractivity contribution < 1.29 is 84.5 Å². The molecule has 12 atom stereocenters. The average Bonchev–Trinajstić information content (AvgIpc) is 4.21. The number of nitrogens with two attached hydrogens (primary N) is 1. The number of rotatable bonds is 19. The van der Waals surface area contributed by atoms with E-state index in [-0.39, 0.29) is 88.0 Å². The van der Waals surface area contributed by atoms with Crippen molar-refractivity contribution in [3.63, 3.8) is 0 Å². The van der Waals surface area contributed by atoms with E-state index < -0.39 is 53.4 Å². The number of aliphatic hydroxyl groups excluding tert-OH is 3. The van der Waals surface area contributed by atoms with Gasteiger partial charge in [0.25, 0.3) is 0 Å². The SMILES string of the molecule is CCCSc1nc(=N[C@@H]2C[C@H](OC)[C@H]3OC(C)(C)O[C@H]32)[c-]c(C[C@@H]2C[C@H]2c2ccc(F)c(F)c2)[nH]1.CCCSc1nc(C[C@@H]2C[C@H]2c2ccc(F)c(F)c2)c(N)c(N[C@@H]2C[C@H](OCCO)[C@@H](O)[C@H]2O)n1.[Y]. The number of anilines is 2. The van der Waals surface area contributed by atoms with E-state index >= 15 is 0 Å². The molecule has 0 unspecified atom stereocenters. The molecule has 2 aromatic carbocycles. The zero-order valence-electron chi connectivity index (χ0n) is 40.6. The summed E-state index contributed by atoms with van der Waals surface area (Å²) in [6.45, 7) is 7.91. The van der Waals surface area contributed by atoms with Crippen molar-refractivity contribution >= 4 is 35.0 Å². The third-order valence-corrected chi connectivity index (χ3v) is 15.6. The molecule has 4 saturated carbocycles. The van der Waals surface area contributed by atoms with E-state index in [2.05, 4.69) is 40.2 Å². The quantitative estimate of drug-likeness (QED) is 0.0242. The van der Waals surface area contributed by atoms with Gasteiger partial charge in [0.05, 0.1) is 48.9 Å². The van der Waals surface area contributed by atoms with Gasteiger partial charge in [-0.2, -0.15) is 5.69 Å². The molecule has 14 nitrogen and oxygen atoms in total. The summed E-state index contributed by atoms with van der Waals surface area (Å²) in [6.07, 6.45) is 2.82. The average molecular weight is 1100 g/mol. The topological polar surface area (TPSA) is 202 Å². The molecule has 1 saturated heterocycles. The number of aromatic nitrogens is 4. The number of aliphatic hydroxyl groups is 3. The molecule has 385 valence electrons. The van der Waals surface area contributed by atoms with Gasteiger partial charge in [-0.05, 0) is 123 Å². The predicted octanol–water partition coefficient (Wildman–Crippen LogP) is 7.01. The van der Waals surface area contributed by atoms with Crippen LogP contribution in [0.2, 0.25) is 0 Å². The van der Waals surface area contributed by atoms with E-state index in [1.165, 1.54) is 30.0 Å². The molecule has 5 aliphatic rings. The number of methoxy groups -OCH3 is 1. The summed E-state index contributed by atoms with van der Waals surface area (Å²) >= 11 is 3.16. The first-order chi connectivity index (χ1) is 33.6. The number of nitrogens with zero attached hydrogens (tertiary/aromatic N) is 4. The molecule has 4 aliphatic carbocycles. The van der Waals surface area contributed by atoms with E-state index in [4.69, 9.17) is 39.8 Å². The Bertz CT molecular complexity index is 2520. The maximum absolute atomic E-state index is 13.7. The molecular formula is C50H64F4N7O7S2Y-. The number of nitrogens with one attached hydrogen (secondary N) is 2. The van der Waals surface area contributed by atoms with Crippen LogP contribution in [0.1, 0.15) is 101 Å². The van der Waals surface area contributed by atoms with Crippen molar-refractivity contribution in [3.05, 3.63) is 93.7 Å². The van der Waals surface area contributed by atoms with Gasteiger partial charge in [0, 0.05) is 57.7 Å². The van der Waals surface area contributed by atoms with Gasteiger partial charge in [0.15, 0.2) is 45.2 Å². The Kier molecular flexibility index (Phi) is 19.5. The Morgan fingerprint density at radius 3 is 2.10 bits per heavy atom. The van der Waals surface area contributed by atoms with Crippen molar-refractivity contribution in [2.24, 2.45) is 16.8 Å². The van der Waals surface area contributed by atoms with Crippen LogP contribution >= 0.6 is 23.5 Å². The normalized spacial score (nSPS) is 29.3. The minimum absolute atomic E-state index is 0. The van der Waals surface area contributed by atoms with Crippen LogP contribution in [-0.4, -0.2) is 122 Å². The second-order valence-corrected chi connectivity index (χ2v) is 21.4. The van der Waals surface area contributed by atoms with Crippen LogP contribution in [0.5, 0.6) is 0 Å². The number of aromatic amines is 1. The number of halogens is 4. The van der Waals surface area contributed by atoms with Crippen LogP contribution in [0, 0.1) is 41.2 Å². The van der Waals surface area contributed by atoms with E-state index in [0.29, 0.717) is 53.0 Å². The van der Waals surface area contributed by atoms with Crippen molar-refractivity contribution in [2.45, 2.75) is 156 Å². The van der Waals surface area contributed by atoms with Crippen molar-refractivity contribution in [1.82, 2.24) is 19.9 Å². The maximum Gasteiger partial charge on any atom is 0.189 e. The molecule has 0 spiro atoms. The monoisotopic (exact) mass is 1100 g/mol. The van der Waals surface area contributed by atoms with Gasteiger partial charge >= 0.3 is 0 Å². The molecular weight excluding hydrogens is 1040 g/mol. The molecule has 21 heteroatoms. The summed E-state index contributed by atoms with van der Waals surface area (Å²) in [7, 11) is 1.69. The first kappa shape index (κ1) is 56.0. The number of hydrogen-bond acceptors (Lipinski definition) is 15. The fourth-order valence-corrected chi connectivity index (χ4v) is 11.2. The summed E-state index contributed by atoms with van der Waals surface area (Å²) in [5, 5.41) is 34.4. The molecule has 3 heterocycles. The molecule has 5 fully saturated rings. The van der Waals surface area contributed by atoms with Gasteiger partial charge in [0.2, 0.25) is 0 Å². The number of hydrogen-bond donors (Lipinski definition) is 6. The Morgan fingerprint density at radius 2 is 1.48 bits per heavy atom. The van der Waals surface area contributed by atoms with Crippen LogP contribution in [0.15, 0.2) is 51.7 Å². The summed E-state index contributed by atoms with van der Waals surface area (Å²) in [4.78, 5) is 22.3. The zero-order chi connectivity index (χ0) is 49.9. The molecule has 1 aliphatic heterocycles. The van der Waals surface area contributed by atoms with Crippen LogP contribution < -0.4 is 16.5 Å². The Balaban J connectivity index is 0.000000206. The molecule has 1 radical (unpaired) electrons. The maximum atomic E-state index is 13.7. The molecule has 2 aromatic heterocycles. The van der Waals surface area contributed by atoms with Gasteiger partial charge in [-0.15, -0.1) is 0 Å². The summed E-state index contributed by atoms with van der Waals surface area (Å²) in [5.74, 6) is -0.958. The summed E-state index contributed by atoms with van der Waals surface area (Å²) in [6, 6.07) is 10.9. The third-order valence-electron chi connectivity index (χ3n) is 13.5. The van der Waals surface area contributed by atoms with Gasteiger partial charge in [-0.25, -0.2) is 32.5 Å². The largest absolute Gasteiger partial charge is 0.405 e. The number of thioether (sulfide) groups is 2. The molecule has 4 aromatic rings. The van der Waals surface area contributed by atoms with Crippen LogP contribution in [-0.2, 0) is 64.5 Å². The van der Waals surface area contributed by atoms with E-state index in [0.717, 1.165) is 71.7 Å². The van der Waals surface area contributed by atoms with Gasteiger partial charge in [0.1, 0.15) is 24.4 Å². The second-order valence-electron chi connectivity index (χ2n) is 19.2. The number of fused-ring (bicyclic) bond motifs is 1. The zero-order valence-corrected chi connectivity index (χ0v) is 45.1. The van der Waals surface area contributed by atoms with Crippen LogP contribution in [0.4, 0.5) is 29.1 Å². The molecule has 7 N–H and O–H groups in total. The first-order valence-electron chi connectivity index (χ1n) is 24.2. The van der Waals surface area contributed by atoms with Crippen molar-refractivity contribution in [2.75, 3.05) is 42.9 Å². The third kappa shape index (κ3) is 14.0. The Labute approximate surface area is 445 Å². The summed E-state index contributed by atoms with van der Waals surface area (Å²) in [5.41, 5.74) is 10.6. The second kappa shape index (κ2) is 24.7. The van der Waals surface area contributed by atoms with Crippen LogP contribution in [0.25, 0.3) is 0 Å². The first-order valence-corrected chi connectivity index (χ1v) is 26.2. The minimum Gasteiger partial charge on any atom is -0.405 e. The number of benzene rings is 2. The van der Waals surface area contributed by atoms with Gasteiger partial charge < -0.3 is 56.4 Å². The van der Waals surface area contributed by atoms with Crippen molar-refractivity contribution in [1.29, 1.82) is 0 Å². The molecule has 9 rings (SSSR count). The smallest absolute Gasteiger partial charge is 0.189 e. The standard InChI is InChI=1S/C26H32F2N3O3S.C24H32F2N4O4S.Y/c1-5-8-35-25-29-16(9-15-10-17(15)14-6-7-18(27)19(28)11-14)12-22(31-25)30-20-13-21(32-4)24-23(20)33-26(2,3)34-24;1-2-7-35-24-29-17(10-13-8-14(13)12-3-4-15(25)16(26)9-12)20(27)23(30-24)28-18-11-19(34-6-5-31)22(33)21(18)32;/h6-7,11,15,17,20-21,23-24H,5,8-10,13H2,1-4H3,(H,29,30,31);3-4,9,13-14,18-19,21-22,31-33H,2,5-8,10-11,27H2,1H3,(H,28,29,30);/q-1;;/t15-,17+,20-,21+,23+,24-;13-,14-,18+,19-,21-,22+;/m10./s1. The number of nitrogen functional groups attached to an aromatic ring is 1. The van der Waals surface area contributed by atoms with E-state index in [1.807, 2.05) is 13.8 Å². The molecule has 0 bridgehead atoms. The number of H-pyrrole nitrogens is 1. The van der Waals surface area contributed by atoms with Gasteiger partial charge in [-0.1, -0.05) is 49.5 Å². The predicted molar refractivity (Wildman–Crippen MR) is 257 cm³/mol. The van der Waals surface area contributed by atoms with Crippen molar-refractivity contribution in [3.8, 4) is 0 Å². The van der Waals surface area contributed by atoms with Gasteiger partial charge in [-0.3, -0.25) is 4.99 Å². The molecule has 71 heavy (non-hydrogen) atoms. The molecule has 0 amide bonds. The summed E-state index contributed by atoms with van der Waals surface area (Å²) < 4.78 is 77.3. The minimum atomic E-state index is -1.10. The van der Waals surface area contributed by atoms with E-state index in [9.17, 15) is 27.8 Å². The Hall–Kier alpha value is -2.76. The number of ether oxygens (including phenoxy) is 4. The van der Waals surface area contributed by atoms with Crippen LogP contribution in [0.3, 0.4) is 0 Å². The Morgan fingerprint density at radius 1 is 0.845 bits per heavy atom.